The van der Waals surface area contributed by atoms with Crippen molar-refractivity contribution in [2.75, 3.05) is 0 Å². The van der Waals surface area contributed by atoms with E-state index in [-0.39, 0.29) is 17.3 Å². The number of para-hydroxylation sites is 1. The molecule has 0 aliphatic heterocycles. The van der Waals surface area contributed by atoms with E-state index < -0.39 is 0 Å². The molecule has 0 unspecified atom stereocenters. The summed E-state index contributed by atoms with van der Waals surface area (Å²) >= 11 is 0. The van der Waals surface area contributed by atoms with Crippen LogP contribution in [0.2, 0.25) is 0 Å². The highest BCUT2D eigenvalue weighted by Crippen LogP contribution is 2.07. The predicted molar refractivity (Wildman–Crippen MR) is 103 cm³/mol. The quantitative estimate of drug-likeness (QED) is 0.621. The second-order valence-corrected chi connectivity index (χ2v) is 6.48. The van der Waals surface area contributed by atoms with Gasteiger partial charge in [0.2, 0.25) is 5.91 Å². The zero-order valence-corrected chi connectivity index (χ0v) is 15.0. The van der Waals surface area contributed by atoms with Crippen molar-refractivity contribution in [3.05, 3.63) is 76.6 Å². The van der Waals surface area contributed by atoms with E-state index >= 15 is 0 Å². The summed E-state index contributed by atoms with van der Waals surface area (Å²) in [6, 6.07) is 13.5. The number of halogens is 1. The Morgan fingerprint density at radius 2 is 1.93 bits per heavy atom. The molecule has 0 radical (unpaired) electrons. The van der Waals surface area contributed by atoms with Crippen molar-refractivity contribution in [2.24, 2.45) is 0 Å². The van der Waals surface area contributed by atoms with Crippen LogP contribution in [0.1, 0.15) is 31.2 Å². The Morgan fingerprint density at radius 3 is 2.78 bits per heavy atom. The van der Waals surface area contributed by atoms with Gasteiger partial charge in [-0.1, -0.05) is 30.7 Å². The van der Waals surface area contributed by atoms with Crippen LogP contribution in [0.5, 0.6) is 0 Å². The van der Waals surface area contributed by atoms with Gasteiger partial charge in [-0.25, -0.2) is 9.37 Å². The number of hydrogen-bond acceptors (Lipinski definition) is 3. The lowest BCUT2D eigenvalue weighted by molar-refractivity contribution is -0.121. The van der Waals surface area contributed by atoms with Crippen molar-refractivity contribution in [1.82, 2.24) is 14.9 Å². The Bertz CT molecular complexity index is 984. The number of rotatable bonds is 8. The highest BCUT2D eigenvalue weighted by Gasteiger charge is 2.04. The highest BCUT2D eigenvalue weighted by molar-refractivity contribution is 5.77. The molecule has 0 aliphatic carbocycles. The molecule has 1 heterocycles. The van der Waals surface area contributed by atoms with Crippen molar-refractivity contribution in [1.29, 1.82) is 0 Å². The number of unbranched alkanes of at least 4 members (excludes halogenated alkanes) is 2. The van der Waals surface area contributed by atoms with Gasteiger partial charge in [-0.3, -0.25) is 14.2 Å². The Kier molecular flexibility index (Phi) is 6.30. The molecule has 1 N–H and O–H groups in total. The van der Waals surface area contributed by atoms with E-state index in [2.05, 4.69) is 10.3 Å². The third-order valence-corrected chi connectivity index (χ3v) is 4.41. The molecule has 0 saturated carbocycles. The van der Waals surface area contributed by atoms with Crippen molar-refractivity contribution < 1.29 is 9.18 Å². The lowest BCUT2D eigenvalue weighted by atomic mass is 10.1. The first-order chi connectivity index (χ1) is 13.1. The number of amides is 1. The van der Waals surface area contributed by atoms with Crippen LogP contribution in [0.25, 0.3) is 10.9 Å². The fourth-order valence-corrected chi connectivity index (χ4v) is 2.95. The zero-order valence-electron chi connectivity index (χ0n) is 15.0. The molecule has 3 aromatic rings. The number of fused-ring (bicyclic) bond motifs is 1. The maximum atomic E-state index is 13.1. The van der Waals surface area contributed by atoms with Gasteiger partial charge < -0.3 is 5.32 Å². The molecule has 0 bridgehead atoms. The van der Waals surface area contributed by atoms with Crippen LogP contribution in [0.3, 0.4) is 0 Å². The van der Waals surface area contributed by atoms with Gasteiger partial charge in [-0.2, -0.15) is 0 Å². The summed E-state index contributed by atoms with van der Waals surface area (Å²) in [4.78, 5) is 28.5. The Balaban J connectivity index is 1.38. The number of nitrogens with zero attached hydrogens (tertiary/aromatic N) is 2. The van der Waals surface area contributed by atoms with E-state index in [0.717, 1.165) is 24.8 Å². The topological polar surface area (TPSA) is 64.0 Å². The second-order valence-electron chi connectivity index (χ2n) is 6.48. The number of aromatic nitrogens is 2. The summed E-state index contributed by atoms with van der Waals surface area (Å²) in [5.74, 6) is -0.357. The molecule has 27 heavy (non-hydrogen) atoms. The molecule has 1 aromatic heterocycles. The fourth-order valence-electron chi connectivity index (χ4n) is 2.95. The van der Waals surface area contributed by atoms with Gasteiger partial charge in [-0.15, -0.1) is 0 Å². The molecule has 2 aromatic carbocycles. The number of carbonyl (C=O) groups excluding carboxylic acids is 1. The lowest BCUT2D eigenvalue weighted by Crippen LogP contribution is -2.22. The molecular weight excluding hydrogens is 345 g/mol. The molecule has 0 fully saturated rings. The molecule has 0 aliphatic rings. The summed E-state index contributed by atoms with van der Waals surface area (Å²) in [5.41, 5.74) is 1.41. The summed E-state index contributed by atoms with van der Waals surface area (Å²) in [6.45, 7) is 0.913. The van der Waals surface area contributed by atoms with E-state index in [1.54, 1.807) is 29.1 Å². The van der Waals surface area contributed by atoms with Crippen LogP contribution in [-0.4, -0.2) is 15.5 Å². The average molecular weight is 367 g/mol. The molecule has 5 nitrogen and oxygen atoms in total. The largest absolute Gasteiger partial charge is 0.352 e. The average Bonchev–Trinajstić information content (AvgIpc) is 2.68. The number of carbonyl (C=O) groups is 1. The first-order valence-electron chi connectivity index (χ1n) is 9.09. The van der Waals surface area contributed by atoms with Gasteiger partial charge >= 0.3 is 0 Å². The monoisotopic (exact) mass is 367 g/mol. The smallest absolute Gasteiger partial charge is 0.261 e. The molecule has 6 heteroatoms. The number of nitrogens with one attached hydrogen (secondary N) is 1. The number of benzene rings is 2. The Hall–Kier alpha value is -3.02. The van der Waals surface area contributed by atoms with E-state index in [4.69, 9.17) is 0 Å². The van der Waals surface area contributed by atoms with E-state index in [9.17, 15) is 14.0 Å². The SMILES string of the molecule is O=C(CCCCCn1cnc2ccccc2c1=O)NCc1cccc(F)c1. The van der Waals surface area contributed by atoms with Crippen LogP contribution in [-0.2, 0) is 17.9 Å². The van der Waals surface area contributed by atoms with E-state index in [0.29, 0.717) is 30.4 Å². The first kappa shape index (κ1) is 18.8. The summed E-state index contributed by atoms with van der Waals surface area (Å²) in [6.07, 6.45) is 4.38. The van der Waals surface area contributed by atoms with Crippen molar-refractivity contribution in [3.63, 3.8) is 0 Å². The number of hydrogen-bond donors (Lipinski definition) is 1. The molecule has 140 valence electrons. The molecule has 0 atom stereocenters. The summed E-state index contributed by atoms with van der Waals surface area (Å²) in [5, 5.41) is 3.42. The van der Waals surface area contributed by atoms with Crippen LogP contribution in [0.4, 0.5) is 4.39 Å². The number of aryl methyl sites for hydroxylation is 1. The normalized spacial score (nSPS) is 10.9. The Morgan fingerprint density at radius 1 is 1.07 bits per heavy atom. The zero-order chi connectivity index (χ0) is 19.1. The third kappa shape index (κ3) is 5.23. The van der Waals surface area contributed by atoms with Gasteiger partial charge in [0, 0.05) is 19.5 Å². The summed E-state index contributed by atoms with van der Waals surface area (Å²) < 4.78 is 14.7. The fraction of sp³-hybridized carbons (Fsp3) is 0.286. The van der Waals surface area contributed by atoms with E-state index in [1.165, 1.54) is 12.1 Å². The molecule has 0 saturated heterocycles. The first-order valence-corrected chi connectivity index (χ1v) is 9.09. The van der Waals surface area contributed by atoms with Crippen molar-refractivity contribution in [2.45, 2.75) is 38.8 Å². The summed E-state index contributed by atoms with van der Waals surface area (Å²) in [7, 11) is 0. The minimum Gasteiger partial charge on any atom is -0.352 e. The van der Waals surface area contributed by atoms with Crippen LogP contribution >= 0.6 is 0 Å². The molecule has 3 rings (SSSR count). The van der Waals surface area contributed by atoms with Crippen LogP contribution in [0, 0.1) is 5.82 Å². The minimum absolute atomic E-state index is 0.0339. The molecular formula is C21H22FN3O2. The maximum absolute atomic E-state index is 13.1. The van der Waals surface area contributed by atoms with Crippen molar-refractivity contribution in [3.8, 4) is 0 Å². The van der Waals surface area contributed by atoms with Crippen LogP contribution < -0.4 is 10.9 Å². The minimum atomic E-state index is -0.305. The van der Waals surface area contributed by atoms with Gasteiger partial charge in [-0.05, 0) is 42.7 Å². The van der Waals surface area contributed by atoms with Gasteiger partial charge in [0.15, 0.2) is 0 Å². The van der Waals surface area contributed by atoms with Gasteiger partial charge in [0.1, 0.15) is 5.82 Å². The van der Waals surface area contributed by atoms with Gasteiger partial charge in [0.25, 0.3) is 5.56 Å². The second kappa shape index (κ2) is 9.07. The van der Waals surface area contributed by atoms with Crippen LogP contribution in [0.15, 0.2) is 59.7 Å². The molecule has 0 spiro atoms. The van der Waals surface area contributed by atoms with E-state index in [1.807, 2.05) is 18.2 Å². The lowest BCUT2D eigenvalue weighted by Gasteiger charge is -2.07. The Labute approximate surface area is 156 Å². The molecule has 1 amide bonds. The maximum Gasteiger partial charge on any atom is 0.261 e. The third-order valence-electron chi connectivity index (χ3n) is 4.41. The standard InChI is InChI=1S/C21H22FN3O2/c22-17-8-6-7-16(13-17)14-23-20(26)11-2-1-5-12-25-15-24-19-10-4-3-9-18(19)21(25)27/h3-4,6-10,13,15H,1-2,5,11-12,14H2,(H,23,26). The van der Waals surface area contributed by atoms with Crippen molar-refractivity contribution >= 4 is 16.8 Å². The van der Waals surface area contributed by atoms with Gasteiger partial charge in [0.05, 0.1) is 17.2 Å². The highest BCUT2D eigenvalue weighted by atomic mass is 19.1. The predicted octanol–water partition coefficient (Wildman–Crippen LogP) is 3.41.